The monoisotopic (exact) mass is 718 g/mol. The van der Waals surface area contributed by atoms with Crippen LogP contribution in [0.3, 0.4) is 0 Å². The van der Waals surface area contributed by atoms with Crippen molar-refractivity contribution in [2.24, 2.45) is 0 Å². The van der Waals surface area contributed by atoms with E-state index in [-0.39, 0.29) is 23.0 Å². The van der Waals surface area contributed by atoms with Gasteiger partial charge in [0.1, 0.15) is 0 Å². The number of aromatic nitrogens is 4. The number of nitrogens with zero attached hydrogens (tertiary/aromatic N) is 4. The highest BCUT2D eigenvalue weighted by atomic mass is 15.0. The first-order chi connectivity index (χ1) is 33.9. The van der Waals surface area contributed by atoms with Gasteiger partial charge in [-0.2, -0.15) is 0 Å². The highest BCUT2D eigenvalue weighted by Crippen LogP contribution is 2.36. The Morgan fingerprint density at radius 1 is 0.327 bits per heavy atom. The summed E-state index contributed by atoms with van der Waals surface area (Å²) in [5, 5.41) is -0.815. The number of hydrogen-bond acceptors (Lipinski definition) is 3. The van der Waals surface area contributed by atoms with Gasteiger partial charge in [-0.25, -0.2) is 15.0 Å². The van der Waals surface area contributed by atoms with E-state index in [1.165, 1.54) is 0 Å². The zero-order chi connectivity index (χ0) is 50.5. The Balaban J connectivity index is 1.18. The molecule has 0 spiro atoms. The fourth-order valence-electron chi connectivity index (χ4n) is 6.40. The Hall–Kier alpha value is -7.43. The number of hydrogen-bond donors (Lipinski definition) is 0. The molecule has 0 aliphatic rings. The number of fused-ring (bicyclic) bond motifs is 3. The molecule has 8 aromatic carbocycles. The third kappa shape index (κ3) is 6.16. The van der Waals surface area contributed by atoms with Gasteiger partial charge in [-0.1, -0.05) is 164 Å². The number of benzene rings is 8. The molecule has 0 N–H and O–H groups in total. The Morgan fingerprint density at radius 3 is 1.40 bits per heavy atom. The average Bonchev–Trinajstić information content (AvgIpc) is 3.75. The molecule has 10 rings (SSSR count). The Kier molecular flexibility index (Phi) is 4.93. The standard InChI is InChI=1S/C51H34N4/c1-4-12-35(13-5-1)37-20-22-38(23-21-37)39-24-26-41(27-25-39)50-52-49(40-16-8-3-9-17-40)53-51(54-50)42-28-31-44(32-29-42)55-47-19-11-10-18-45(47)46-34-43(30-33-48(46)55)36-14-6-2-7-15-36/h1-34H/i2D,6D,7D,10D,11D,14D,15D,18D,19D,28D,29D,30D,31D,32D,33D,34D. The molecule has 2 aromatic heterocycles. The van der Waals surface area contributed by atoms with E-state index in [0.29, 0.717) is 11.1 Å². The lowest BCUT2D eigenvalue weighted by Gasteiger charge is -2.11. The van der Waals surface area contributed by atoms with Gasteiger partial charge in [0.05, 0.1) is 33.0 Å². The van der Waals surface area contributed by atoms with Gasteiger partial charge in [-0.05, 0) is 75.7 Å². The van der Waals surface area contributed by atoms with Crippen LogP contribution in [0.2, 0.25) is 0 Å². The van der Waals surface area contributed by atoms with Crippen molar-refractivity contribution in [3.63, 3.8) is 0 Å². The van der Waals surface area contributed by atoms with Gasteiger partial charge in [0.25, 0.3) is 0 Å². The predicted molar refractivity (Wildman–Crippen MR) is 227 cm³/mol. The largest absolute Gasteiger partial charge is 0.309 e. The lowest BCUT2D eigenvalue weighted by Crippen LogP contribution is -2.00. The minimum absolute atomic E-state index is 0.152. The van der Waals surface area contributed by atoms with Crippen molar-refractivity contribution in [3.05, 3.63) is 206 Å². The van der Waals surface area contributed by atoms with E-state index in [1.807, 2.05) is 78.9 Å². The van der Waals surface area contributed by atoms with E-state index in [2.05, 4.69) is 4.98 Å². The molecular formula is C51H34N4. The van der Waals surface area contributed by atoms with Gasteiger partial charge in [0.2, 0.25) is 0 Å². The zero-order valence-corrected chi connectivity index (χ0v) is 28.7. The molecular weight excluding hydrogens is 669 g/mol. The third-order valence-electron chi connectivity index (χ3n) is 9.10. The molecule has 10 aromatic rings. The minimum Gasteiger partial charge on any atom is -0.309 e. The van der Waals surface area contributed by atoms with Gasteiger partial charge >= 0.3 is 0 Å². The molecule has 0 fully saturated rings. The fraction of sp³-hybridized carbons (Fsp3) is 0. The second-order valence-corrected chi connectivity index (χ2v) is 12.4. The Morgan fingerprint density at radius 2 is 0.782 bits per heavy atom. The molecule has 0 unspecified atom stereocenters. The summed E-state index contributed by atoms with van der Waals surface area (Å²) in [7, 11) is 0. The van der Waals surface area contributed by atoms with E-state index < -0.39 is 135 Å². The maximum absolute atomic E-state index is 9.51. The topological polar surface area (TPSA) is 43.6 Å². The molecule has 55 heavy (non-hydrogen) atoms. The summed E-state index contributed by atoms with van der Waals surface area (Å²) in [6.45, 7) is 0. The second-order valence-electron chi connectivity index (χ2n) is 12.4. The van der Waals surface area contributed by atoms with Crippen molar-refractivity contribution < 1.29 is 21.9 Å². The molecule has 2 heterocycles. The smallest absolute Gasteiger partial charge is 0.164 e. The summed E-state index contributed by atoms with van der Waals surface area (Å²) < 4.78 is 144. The van der Waals surface area contributed by atoms with Gasteiger partial charge in [0, 0.05) is 33.2 Å². The van der Waals surface area contributed by atoms with Crippen molar-refractivity contribution in [2.75, 3.05) is 0 Å². The lowest BCUT2D eigenvalue weighted by molar-refractivity contribution is 1.07. The van der Waals surface area contributed by atoms with Crippen LogP contribution in [0, 0.1) is 0 Å². The Labute approximate surface area is 342 Å². The lowest BCUT2D eigenvalue weighted by atomic mass is 9.99. The second kappa shape index (κ2) is 13.8. The minimum atomic E-state index is -0.827. The quantitative estimate of drug-likeness (QED) is 0.165. The first-order valence-corrected chi connectivity index (χ1v) is 17.2. The van der Waals surface area contributed by atoms with Crippen LogP contribution in [0.5, 0.6) is 0 Å². The van der Waals surface area contributed by atoms with Crippen LogP contribution >= 0.6 is 0 Å². The van der Waals surface area contributed by atoms with Crippen LogP contribution < -0.4 is 0 Å². The van der Waals surface area contributed by atoms with Crippen molar-refractivity contribution in [1.29, 1.82) is 0 Å². The highest BCUT2D eigenvalue weighted by molar-refractivity contribution is 6.10. The maximum Gasteiger partial charge on any atom is 0.164 e. The van der Waals surface area contributed by atoms with Crippen LogP contribution in [-0.2, 0) is 0 Å². The molecule has 0 atom stereocenters. The maximum atomic E-state index is 9.51. The zero-order valence-electron chi connectivity index (χ0n) is 44.7. The van der Waals surface area contributed by atoms with Gasteiger partial charge in [0.15, 0.2) is 17.5 Å². The molecule has 0 radical (unpaired) electrons. The van der Waals surface area contributed by atoms with Crippen LogP contribution in [0.15, 0.2) is 206 Å². The molecule has 4 nitrogen and oxygen atoms in total. The van der Waals surface area contributed by atoms with E-state index >= 15 is 0 Å². The van der Waals surface area contributed by atoms with E-state index in [0.717, 1.165) is 26.8 Å². The van der Waals surface area contributed by atoms with Gasteiger partial charge < -0.3 is 4.57 Å². The summed E-state index contributed by atoms with van der Waals surface area (Å²) in [5.41, 5.74) is 2.08. The Bertz CT molecular complexity index is 3810. The third-order valence-corrected chi connectivity index (χ3v) is 9.10. The summed E-state index contributed by atoms with van der Waals surface area (Å²) in [5.74, 6) is 0.0811. The fourth-order valence-corrected chi connectivity index (χ4v) is 6.40. The van der Waals surface area contributed by atoms with Gasteiger partial charge in [-0.3, -0.25) is 0 Å². The summed E-state index contributed by atoms with van der Waals surface area (Å²) >= 11 is 0. The van der Waals surface area contributed by atoms with Crippen LogP contribution in [0.25, 0.3) is 95.0 Å². The van der Waals surface area contributed by atoms with Crippen LogP contribution in [-0.4, -0.2) is 19.5 Å². The van der Waals surface area contributed by atoms with E-state index in [4.69, 9.17) is 23.7 Å². The van der Waals surface area contributed by atoms with Crippen LogP contribution in [0.1, 0.15) is 21.9 Å². The number of rotatable bonds is 7. The number of para-hydroxylation sites is 1. The SMILES string of the molecule is [2H]c1c([2H])c([2H])c(-c2c([2H])c([2H])c3c(c2[2H])c2c([2H])c([2H])c([2H])c([2H])c2n3-c2c([2H])c([2H])c(-c3nc(-c4ccccc4)nc(-c4ccc(-c5ccc(-c6ccccc6)cc5)cc4)n3)c([2H])c2[2H])c([2H])c1[2H]. The normalized spacial score (nSPS) is 15.3. The van der Waals surface area contributed by atoms with E-state index in [1.54, 1.807) is 30.3 Å². The molecule has 0 amide bonds. The van der Waals surface area contributed by atoms with E-state index in [9.17, 15) is 8.22 Å². The first-order valence-electron chi connectivity index (χ1n) is 25.2. The molecule has 0 saturated heterocycles. The summed E-state index contributed by atoms with van der Waals surface area (Å²) in [6, 6.07) is 22.4. The molecule has 0 bridgehead atoms. The van der Waals surface area contributed by atoms with Gasteiger partial charge in [-0.15, -0.1) is 0 Å². The molecule has 4 heteroatoms. The first kappa shape index (κ1) is 19.6. The molecule has 0 aliphatic carbocycles. The summed E-state index contributed by atoms with van der Waals surface area (Å²) in [6.07, 6.45) is 0. The van der Waals surface area contributed by atoms with Crippen molar-refractivity contribution >= 4 is 21.8 Å². The average molecular weight is 719 g/mol. The predicted octanol–water partition coefficient (Wildman–Crippen LogP) is 13.0. The molecule has 0 saturated carbocycles. The molecule has 258 valence electrons. The van der Waals surface area contributed by atoms with Crippen LogP contribution in [0.4, 0.5) is 0 Å². The molecule has 0 aliphatic heterocycles. The highest BCUT2D eigenvalue weighted by Gasteiger charge is 2.16. The van der Waals surface area contributed by atoms with Crippen molar-refractivity contribution in [2.45, 2.75) is 0 Å². The van der Waals surface area contributed by atoms with Crippen molar-refractivity contribution in [3.8, 4) is 73.2 Å². The van der Waals surface area contributed by atoms with Crippen molar-refractivity contribution in [1.82, 2.24) is 19.5 Å². The summed E-state index contributed by atoms with van der Waals surface area (Å²) in [4.78, 5) is 14.1.